The molecule has 0 aliphatic heterocycles. The molecule has 0 bridgehead atoms. The Bertz CT molecular complexity index is 652. The first kappa shape index (κ1) is 18.9. The van der Waals surface area contributed by atoms with Crippen molar-refractivity contribution in [2.24, 2.45) is 5.41 Å². The van der Waals surface area contributed by atoms with E-state index < -0.39 is 0 Å². The van der Waals surface area contributed by atoms with Crippen molar-refractivity contribution in [3.05, 3.63) is 42.4 Å². The Balaban J connectivity index is 1.94. The number of aliphatic hydroxyl groups is 1. The Morgan fingerprint density at radius 3 is 2.68 bits per heavy atom. The molecule has 3 N–H and O–H groups in total. The van der Waals surface area contributed by atoms with Gasteiger partial charge in [0.25, 0.3) is 0 Å². The third-order valence-electron chi connectivity index (χ3n) is 4.76. The van der Waals surface area contributed by atoms with Gasteiger partial charge in [-0.2, -0.15) is 5.10 Å². The van der Waals surface area contributed by atoms with Crippen molar-refractivity contribution in [2.45, 2.75) is 39.7 Å². The summed E-state index contributed by atoms with van der Waals surface area (Å²) >= 11 is 0. The molecule has 2 aromatic rings. The van der Waals surface area contributed by atoms with Gasteiger partial charge in [0.1, 0.15) is 5.82 Å². The zero-order chi connectivity index (χ0) is 18.1. The maximum Gasteiger partial charge on any atom is 0.320 e. The number of carbonyl (C=O) groups excluding carboxylic acids is 1. The first-order valence-corrected chi connectivity index (χ1v) is 8.70. The summed E-state index contributed by atoms with van der Waals surface area (Å²) in [6.45, 7) is 5.31. The van der Waals surface area contributed by atoms with E-state index in [1.807, 2.05) is 18.2 Å². The van der Waals surface area contributed by atoms with E-state index in [9.17, 15) is 9.90 Å². The lowest BCUT2D eigenvalue weighted by molar-refractivity contribution is 0.165. The zero-order valence-corrected chi connectivity index (χ0v) is 14.9. The van der Waals surface area contributed by atoms with E-state index in [0.717, 1.165) is 18.5 Å². The number of aliphatic hydroxyl groups excluding tert-OH is 1. The number of nitrogens with one attached hydrogen (secondary N) is 2. The highest BCUT2D eigenvalue weighted by Crippen LogP contribution is 2.29. The number of urea groups is 1. The zero-order valence-electron chi connectivity index (χ0n) is 14.9. The third-order valence-corrected chi connectivity index (χ3v) is 4.76. The average Bonchev–Trinajstić information content (AvgIpc) is 3.06. The number of hydrogen-bond donors (Lipinski definition) is 3. The van der Waals surface area contributed by atoms with Gasteiger partial charge in [0.15, 0.2) is 0 Å². The van der Waals surface area contributed by atoms with E-state index in [1.54, 1.807) is 23.1 Å². The third kappa shape index (κ3) is 5.29. The van der Waals surface area contributed by atoms with Gasteiger partial charge in [-0.25, -0.2) is 9.48 Å². The lowest BCUT2D eigenvalue weighted by Gasteiger charge is -2.31. The topological polar surface area (TPSA) is 92.1 Å². The second-order valence-corrected chi connectivity index (χ2v) is 6.18. The minimum absolute atomic E-state index is 0.0692. The van der Waals surface area contributed by atoms with E-state index in [1.165, 1.54) is 0 Å². The molecule has 0 aliphatic rings. The molecule has 0 spiro atoms. The molecule has 0 radical (unpaired) electrons. The summed E-state index contributed by atoms with van der Waals surface area (Å²) in [6.07, 6.45) is 5.86. The predicted octanol–water partition coefficient (Wildman–Crippen LogP) is 2.64. The van der Waals surface area contributed by atoms with Crippen molar-refractivity contribution in [3.8, 4) is 0 Å². The SMILES string of the molecule is CCC(CC)(CCO)CNC(=O)Nc1ccnn1Cc1ccccn1. The predicted molar refractivity (Wildman–Crippen MR) is 97.3 cm³/mol. The molecular weight excluding hydrogens is 318 g/mol. The summed E-state index contributed by atoms with van der Waals surface area (Å²) in [4.78, 5) is 16.5. The van der Waals surface area contributed by atoms with Crippen LogP contribution in [0.25, 0.3) is 0 Å². The fraction of sp³-hybridized carbons (Fsp3) is 0.500. The van der Waals surface area contributed by atoms with E-state index in [0.29, 0.717) is 25.3 Å². The van der Waals surface area contributed by atoms with Crippen LogP contribution in [-0.4, -0.2) is 39.1 Å². The molecule has 2 rings (SSSR count). The number of rotatable bonds is 9. The largest absolute Gasteiger partial charge is 0.396 e. The molecule has 0 unspecified atom stereocenters. The van der Waals surface area contributed by atoms with Gasteiger partial charge in [-0.05, 0) is 36.8 Å². The molecule has 7 heteroatoms. The minimum atomic E-state index is -0.271. The van der Waals surface area contributed by atoms with Crippen LogP contribution in [0.15, 0.2) is 36.7 Å². The smallest absolute Gasteiger partial charge is 0.320 e. The van der Waals surface area contributed by atoms with Crippen LogP contribution in [0, 0.1) is 5.41 Å². The Labute approximate surface area is 148 Å². The van der Waals surface area contributed by atoms with E-state index in [4.69, 9.17) is 0 Å². The molecule has 0 atom stereocenters. The Hall–Kier alpha value is -2.41. The van der Waals surface area contributed by atoms with Crippen LogP contribution in [0.4, 0.5) is 10.6 Å². The molecule has 2 aromatic heterocycles. The van der Waals surface area contributed by atoms with Gasteiger partial charge in [-0.15, -0.1) is 0 Å². The van der Waals surface area contributed by atoms with Crippen molar-refractivity contribution in [3.63, 3.8) is 0 Å². The first-order valence-electron chi connectivity index (χ1n) is 8.70. The number of amides is 2. The quantitative estimate of drug-likeness (QED) is 0.651. The van der Waals surface area contributed by atoms with Gasteiger partial charge >= 0.3 is 6.03 Å². The number of aromatic nitrogens is 3. The van der Waals surface area contributed by atoms with Gasteiger partial charge in [0.2, 0.25) is 0 Å². The van der Waals surface area contributed by atoms with Gasteiger partial charge in [-0.3, -0.25) is 10.3 Å². The van der Waals surface area contributed by atoms with Crippen LogP contribution >= 0.6 is 0 Å². The summed E-state index contributed by atoms with van der Waals surface area (Å²) < 4.78 is 1.70. The molecule has 0 aliphatic carbocycles. The molecule has 2 amide bonds. The number of pyridine rings is 1. The van der Waals surface area contributed by atoms with Crippen molar-refractivity contribution in [1.29, 1.82) is 0 Å². The molecular formula is C18H27N5O2. The van der Waals surface area contributed by atoms with Crippen LogP contribution in [0.5, 0.6) is 0 Å². The average molecular weight is 345 g/mol. The second kappa shape index (κ2) is 9.17. The van der Waals surface area contributed by atoms with Crippen LogP contribution in [-0.2, 0) is 6.54 Å². The summed E-state index contributed by atoms with van der Waals surface area (Å²) in [5, 5.41) is 19.3. The standard InChI is InChI=1S/C18H27N5O2/c1-3-18(4-2,9-12-24)14-20-17(25)22-16-8-11-21-23(16)13-15-7-5-6-10-19-15/h5-8,10-11,24H,3-4,9,12-14H2,1-2H3,(H2,20,22,25). The Morgan fingerprint density at radius 2 is 2.04 bits per heavy atom. The minimum Gasteiger partial charge on any atom is -0.396 e. The van der Waals surface area contributed by atoms with Gasteiger partial charge in [0, 0.05) is 25.4 Å². The molecule has 136 valence electrons. The van der Waals surface area contributed by atoms with Gasteiger partial charge < -0.3 is 10.4 Å². The molecule has 0 saturated heterocycles. The van der Waals surface area contributed by atoms with Crippen molar-refractivity contribution < 1.29 is 9.90 Å². The maximum atomic E-state index is 12.3. The number of nitrogens with zero attached hydrogens (tertiary/aromatic N) is 3. The highest BCUT2D eigenvalue weighted by atomic mass is 16.3. The molecule has 25 heavy (non-hydrogen) atoms. The Kier molecular flexibility index (Phi) is 6.94. The fourth-order valence-corrected chi connectivity index (χ4v) is 2.82. The monoisotopic (exact) mass is 345 g/mol. The molecule has 2 heterocycles. The number of hydrogen-bond acceptors (Lipinski definition) is 4. The number of anilines is 1. The lowest BCUT2D eigenvalue weighted by atomic mass is 9.79. The molecule has 0 aromatic carbocycles. The van der Waals surface area contributed by atoms with Crippen molar-refractivity contribution in [2.75, 3.05) is 18.5 Å². The van der Waals surface area contributed by atoms with Gasteiger partial charge in [-0.1, -0.05) is 19.9 Å². The normalized spacial score (nSPS) is 11.3. The van der Waals surface area contributed by atoms with Crippen molar-refractivity contribution >= 4 is 11.8 Å². The summed E-state index contributed by atoms with van der Waals surface area (Å²) in [7, 11) is 0. The van der Waals surface area contributed by atoms with E-state index in [-0.39, 0.29) is 18.1 Å². The summed E-state index contributed by atoms with van der Waals surface area (Å²) in [5.41, 5.74) is 0.800. The highest BCUT2D eigenvalue weighted by molar-refractivity contribution is 5.88. The summed E-state index contributed by atoms with van der Waals surface area (Å²) in [6, 6.07) is 7.17. The van der Waals surface area contributed by atoms with Crippen molar-refractivity contribution in [1.82, 2.24) is 20.1 Å². The molecule has 0 saturated carbocycles. The van der Waals surface area contributed by atoms with Crippen LogP contribution < -0.4 is 10.6 Å². The highest BCUT2D eigenvalue weighted by Gasteiger charge is 2.26. The lowest BCUT2D eigenvalue weighted by Crippen LogP contribution is -2.40. The van der Waals surface area contributed by atoms with Crippen LogP contribution in [0.1, 0.15) is 38.8 Å². The summed E-state index contributed by atoms with van der Waals surface area (Å²) in [5.74, 6) is 0.615. The van der Waals surface area contributed by atoms with E-state index in [2.05, 4.69) is 34.6 Å². The maximum absolute atomic E-state index is 12.3. The first-order chi connectivity index (χ1) is 12.1. The van der Waals surface area contributed by atoms with Crippen LogP contribution in [0.3, 0.4) is 0 Å². The molecule has 0 fully saturated rings. The number of carbonyl (C=O) groups is 1. The second-order valence-electron chi connectivity index (χ2n) is 6.18. The fourth-order valence-electron chi connectivity index (χ4n) is 2.82. The molecule has 7 nitrogen and oxygen atoms in total. The van der Waals surface area contributed by atoms with Crippen LogP contribution in [0.2, 0.25) is 0 Å². The van der Waals surface area contributed by atoms with E-state index >= 15 is 0 Å². The Morgan fingerprint density at radius 1 is 1.24 bits per heavy atom. The van der Waals surface area contributed by atoms with Gasteiger partial charge in [0.05, 0.1) is 18.4 Å².